The number of hydrogen-bond donors (Lipinski definition) is 3. The second-order valence-corrected chi connectivity index (χ2v) is 18.6. The van der Waals surface area contributed by atoms with E-state index in [1.165, 1.54) is 22.8 Å². The number of H-pyrrole nitrogens is 1. The number of anilines is 2. The predicted octanol–water partition coefficient (Wildman–Crippen LogP) is 9.17. The second-order valence-electron chi connectivity index (χ2n) is 16.5. The molecule has 13 heteroatoms. The van der Waals surface area contributed by atoms with Crippen molar-refractivity contribution < 1.29 is 17.9 Å². The van der Waals surface area contributed by atoms with Gasteiger partial charge in [-0.15, -0.1) is 0 Å². The van der Waals surface area contributed by atoms with E-state index in [0.717, 1.165) is 90.5 Å². The monoisotopic (exact) mass is 831 g/mol. The van der Waals surface area contributed by atoms with E-state index in [4.69, 9.17) is 16.3 Å². The van der Waals surface area contributed by atoms with Crippen molar-refractivity contribution >= 4 is 55.4 Å². The number of benzene rings is 4. The summed E-state index contributed by atoms with van der Waals surface area (Å²) in [6, 6.07) is 26.0. The van der Waals surface area contributed by atoms with Crippen molar-refractivity contribution in [1.82, 2.24) is 24.2 Å². The Morgan fingerprint density at radius 3 is 2.51 bits per heavy atom. The van der Waals surface area contributed by atoms with Crippen molar-refractivity contribution in [1.29, 1.82) is 0 Å². The zero-order valence-corrected chi connectivity index (χ0v) is 35.5. The molecule has 4 aromatic carbocycles. The van der Waals surface area contributed by atoms with E-state index in [1.807, 2.05) is 73.3 Å². The van der Waals surface area contributed by atoms with Crippen LogP contribution in [0.3, 0.4) is 0 Å². The number of carbonyl (C=O) groups is 1. The van der Waals surface area contributed by atoms with Crippen LogP contribution in [0.5, 0.6) is 11.5 Å². The number of carbonyl (C=O) groups excluding carboxylic acids is 1. The minimum atomic E-state index is -4.23. The van der Waals surface area contributed by atoms with Crippen LogP contribution in [0.15, 0.2) is 114 Å². The minimum Gasteiger partial charge on any atom is -0.456 e. The van der Waals surface area contributed by atoms with Crippen molar-refractivity contribution in [3.63, 3.8) is 0 Å². The molecule has 1 aliphatic heterocycles. The van der Waals surface area contributed by atoms with Gasteiger partial charge in [-0.1, -0.05) is 43.2 Å². The van der Waals surface area contributed by atoms with Crippen LogP contribution in [-0.2, 0) is 23.6 Å². The number of ether oxygens (including phenoxy) is 1. The number of amides is 1. The highest BCUT2D eigenvalue weighted by atomic mass is 35.5. The predicted molar refractivity (Wildman–Crippen MR) is 236 cm³/mol. The molecule has 2 aromatic heterocycles. The summed E-state index contributed by atoms with van der Waals surface area (Å²) < 4.78 is 38.0. The number of fused-ring (bicyclic) bond motifs is 1. The zero-order valence-electron chi connectivity index (χ0n) is 33.9. The molecule has 306 valence electrons. The van der Waals surface area contributed by atoms with Gasteiger partial charge in [0.2, 0.25) is 0 Å². The SMILES string of the molecule is Cc1cc(S(=O)(=O)NC(=O)c2ccc(N3CCN(CC4=C(c5ccc(Cl)cc5)CC(C)(C)CC4)CC3)cc2Oc2ccc3[nH]ccc3c2)ccc1NCc1cncn1C. The molecule has 0 atom stereocenters. The smallest absolute Gasteiger partial charge is 0.268 e. The molecule has 0 saturated carbocycles. The maximum atomic E-state index is 13.9. The van der Waals surface area contributed by atoms with E-state index in [9.17, 15) is 13.2 Å². The fourth-order valence-electron chi connectivity index (χ4n) is 8.08. The molecular weight excluding hydrogens is 782 g/mol. The van der Waals surface area contributed by atoms with Gasteiger partial charge in [0.1, 0.15) is 11.5 Å². The Morgan fingerprint density at radius 1 is 0.966 bits per heavy atom. The van der Waals surface area contributed by atoms with Gasteiger partial charge < -0.3 is 24.5 Å². The number of hydrogen-bond acceptors (Lipinski definition) is 8. The molecule has 1 fully saturated rings. The van der Waals surface area contributed by atoms with Crippen molar-refractivity contribution in [3.8, 4) is 11.5 Å². The standard InChI is InChI=1S/C46H50ClN7O4S/c1-31-23-39(11-14-42(31)50-28-37-27-48-30-52(37)4)59(56,57)51-45(55)40-12-9-36(25-44(40)58-38-10-13-43-33(24-38)16-18-49-43)54-21-19-53(20-22-54)29-34-15-17-46(2,3)26-41(34)32-5-7-35(47)8-6-32/h5-14,16,18,23-25,27,30,49-50H,15,17,19-22,26,28-29H2,1-4H3,(H,51,55). The number of nitrogens with one attached hydrogen (secondary N) is 3. The molecule has 0 bridgehead atoms. The first kappa shape index (κ1) is 40.2. The van der Waals surface area contributed by atoms with Gasteiger partial charge in [0, 0.05) is 85.5 Å². The summed E-state index contributed by atoms with van der Waals surface area (Å²) in [5, 5.41) is 5.03. The lowest BCUT2D eigenvalue weighted by Crippen LogP contribution is -2.47. The highest BCUT2D eigenvalue weighted by molar-refractivity contribution is 7.90. The zero-order chi connectivity index (χ0) is 41.3. The third-order valence-corrected chi connectivity index (χ3v) is 13.2. The first-order chi connectivity index (χ1) is 28.3. The average molecular weight is 832 g/mol. The Labute approximate surface area is 351 Å². The van der Waals surface area contributed by atoms with Crippen LogP contribution in [0.25, 0.3) is 16.5 Å². The lowest BCUT2D eigenvalue weighted by atomic mass is 9.72. The van der Waals surface area contributed by atoms with Gasteiger partial charge in [-0.2, -0.15) is 0 Å². The van der Waals surface area contributed by atoms with Gasteiger partial charge in [-0.25, -0.2) is 18.1 Å². The molecule has 1 aliphatic carbocycles. The molecule has 1 saturated heterocycles. The van der Waals surface area contributed by atoms with Crippen LogP contribution >= 0.6 is 11.6 Å². The second kappa shape index (κ2) is 16.6. The summed E-state index contributed by atoms with van der Waals surface area (Å²) in [5.74, 6) is 0.0119. The van der Waals surface area contributed by atoms with E-state index in [2.05, 4.69) is 55.8 Å². The number of halogens is 1. The molecule has 3 N–H and O–H groups in total. The van der Waals surface area contributed by atoms with Gasteiger partial charge in [-0.3, -0.25) is 9.69 Å². The Kier molecular flexibility index (Phi) is 11.3. The third-order valence-electron chi connectivity index (χ3n) is 11.6. The maximum Gasteiger partial charge on any atom is 0.268 e. The van der Waals surface area contributed by atoms with Crippen LogP contribution in [-0.4, -0.2) is 66.5 Å². The summed E-state index contributed by atoms with van der Waals surface area (Å²) in [4.78, 5) is 26.1. The lowest BCUT2D eigenvalue weighted by Gasteiger charge is -2.39. The van der Waals surface area contributed by atoms with E-state index in [-0.39, 0.29) is 21.6 Å². The van der Waals surface area contributed by atoms with Crippen LogP contribution in [0.1, 0.15) is 60.3 Å². The number of sulfonamides is 1. The molecule has 6 aromatic rings. The van der Waals surface area contributed by atoms with Gasteiger partial charge >= 0.3 is 0 Å². The number of allylic oxidation sites excluding steroid dienone is 1. The van der Waals surface area contributed by atoms with E-state index < -0.39 is 15.9 Å². The minimum absolute atomic E-state index is 0.0164. The molecule has 1 amide bonds. The van der Waals surface area contributed by atoms with Gasteiger partial charge in [0.05, 0.1) is 29.0 Å². The largest absolute Gasteiger partial charge is 0.456 e. The van der Waals surface area contributed by atoms with Gasteiger partial charge in [0.25, 0.3) is 15.9 Å². The maximum absolute atomic E-state index is 13.9. The number of piperazine rings is 1. The Morgan fingerprint density at radius 2 is 1.76 bits per heavy atom. The van der Waals surface area contributed by atoms with Crippen LogP contribution in [0, 0.1) is 12.3 Å². The first-order valence-corrected chi connectivity index (χ1v) is 21.9. The first-order valence-electron chi connectivity index (χ1n) is 20.0. The molecule has 0 spiro atoms. The molecule has 0 unspecified atom stereocenters. The van der Waals surface area contributed by atoms with Crippen LogP contribution in [0.2, 0.25) is 5.02 Å². The van der Waals surface area contributed by atoms with Gasteiger partial charge in [-0.05, 0) is 115 Å². The van der Waals surface area contributed by atoms with E-state index >= 15 is 0 Å². The fourth-order valence-corrected chi connectivity index (χ4v) is 9.25. The number of aryl methyl sites for hydroxylation is 2. The number of rotatable bonds is 12. The number of aromatic nitrogens is 3. The highest BCUT2D eigenvalue weighted by Gasteiger charge is 2.30. The normalized spacial score (nSPS) is 16.1. The quantitative estimate of drug-likeness (QED) is 0.112. The average Bonchev–Trinajstić information content (AvgIpc) is 3.86. The van der Waals surface area contributed by atoms with Crippen LogP contribution < -0.4 is 19.7 Å². The summed E-state index contributed by atoms with van der Waals surface area (Å²) in [5.41, 5.74) is 8.89. The summed E-state index contributed by atoms with van der Waals surface area (Å²) in [6.07, 6.45) is 8.64. The molecule has 59 heavy (non-hydrogen) atoms. The summed E-state index contributed by atoms with van der Waals surface area (Å²) in [6.45, 7) is 11.3. The van der Waals surface area contributed by atoms with Crippen molar-refractivity contribution in [2.24, 2.45) is 12.5 Å². The van der Waals surface area contributed by atoms with Crippen molar-refractivity contribution in [2.75, 3.05) is 42.9 Å². The highest BCUT2D eigenvalue weighted by Crippen LogP contribution is 2.43. The Bertz CT molecular complexity index is 2640. The van der Waals surface area contributed by atoms with Crippen molar-refractivity contribution in [2.45, 2.75) is 51.5 Å². The summed E-state index contributed by atoms with van der Waals surface area (Å²) >= 11 is 6.25. The van der Waals surface area contributed by atoms with Crippen LogP contribution in [0.4, 0.5) is 11.4 Å². The van der Waals surface area contributed by atoms with Crippen molar-refractivity contribution in [3.05, 3.63) is 137 Å². The number of nitrogens with zero attached hydrogens (tertiary/aromatic N) is 4. The topological polar surface area (TPSA) is 125 Å². The Balaban J connectivity index is 0.996. The number of imidazole rings is 1. The molecule has 0 radical (unpaired) electrons. The molecule has 11 nitrogen and oxygen atoms in total. The lowest BCUT2D eigenvalue weighted by molar-refractivity contribution is 0.0979. The van der Waals surface area contributed by atoms with E-state index in [1.54, 1.807) is 30.7 Å². The van der Waals surface area contributed by atoms with E-state index in [0.29, 0.717) is 12.3 Å². The molecular formula is C46H50ClN7O4S. The molecule has 2 aliphatic rings. The molecule has 8 rings (SSSR count). The Hall–Kier alpha value is -5.56. The number of aromatic amines is 1. The summed E-state index contributed by atoms with van der Waals surface area (Å²) in [7, 11) is -2.32. The fraction of sp³-hybridized carbons (Fsp3) is 0.304. The molecule has 3 heterocycles. The van der Waals surface area contributed by atoms with Gasteiger partial charge in [0.15, 0.2) is 0 Å². The third kappa shape index (κ3) is 9.20.